The third-order valence-electron chi connectivity index (χ3n) is 10.6. The first kappa shape index (κ1) is 31.5. The van der Waals surface area contributed by atoms with Crippen LogP contribution in [0.1, 0.15) is 25.0 Å². The van der Waals surface area contributed by atoms with Gasteiger partial charge in [-0.05, 0) is 104 Å². The highest BCUT2D eigenvalue weighted by Gasteiger charge is 2.37. The van der Waals surface area contributed by atoms with E-state index in [1.54, 1.807) is 0 Å². The van der Waals surface area contributed by atoms with Gasteiger partial charge in [-0.2, -0.15) is 0 Å². The third kappa shape index (κ3) is 5.52. The molecule has 0 radical (unpaired) electrons. The van der Waals surface area contributed by atoms with Crippen molar-refractivity contribution in [2.75, 3.05) is 4.90 Å². The molecule has 0 spiro atoms. The summed E-state index contributed by atoms with van der Waals surface area (Å²) in [7, 11) is 0. The van der Waals surface area contributed by atoms with Gasteiger partial charge in [-0.15, -0.1) is 0 Å². The van der Waals surface area contributed by atoms with E-state index in [-0.39, 0.29) is 5.41 Å². The SMILES string of the molecule is CC1(C)c2ccccc2-c2cc(-c3ccc(N(c4cccc(-c5ccccc5)c4)c4ccccc4-c4ccccc4)cc3)cc(-c3ccccc3)c21. The number of fused-ring (bicyclic) bond motifs is 3. The molecule has 52 heavy (non-hydrogen) atoms. The van der Waals surface area contributed by atoms with E-state index in [4.69, 9.17) is 0 Å². The fourth-order valence-electron chi connectivity index (χ4n) is 8.15. The highest BCUT2D eigenvalue weighted by Crippen LogP contribution is 2.53. The summed E-state index contributed by atoms with van der Waals surface area (Å²) in [6.07, 6.45) is 0. The molecule has 0 heterocycles. The van der Waals surface area contributed by atoms with E-state index in [0.29, 0.717) is 0 Å². The lowest BCUT2D eigenvalue weighted by atomic mass is 9.78. The number of hydrogen-bond acceptors (Lipinski definition) is 1. The second-order valence-electron chi connectivity index (χ2n) is 14.2. The average Bonchev–Trinajstić information content (AvgIpc) is 3.45. The van der Waals surface area contributed by atoms with Crippen LogP contribution in [-0.4, -0.2) is 0 Å². The zero-order valence-electron chi connectivity index (χ0n) is 29.5. The zero-order chi connectivity index (χ0) is 35.1. The van der Waals surface area contributed by atoms with Crippen molar-refractivity contribution in [3.8, 4) is 55.6 Å². The Morgan fingerprint density at radius 3 is 1.54 bits per heavy atom. The van der Waals surface area contributed by atoms with Gasteiger partial charge in [-0.25, -0.2) is 0 Å². The van der Waals surface area contributed by atoms with Crippen molar-refractivity contribution in [3.63, 3.8) is 0 Å². The van der Waals surface area contributed by atoms with Gasteiger partial charge < -0.3 is 4.90 Å². The molecule has 0 bridgehead atoms. The summed E-state index contributed by atoms with van der Waals surface area (Å²) in [5.74, 6) is 0. The summed E-state index contributed by atoms with van der Waals surface area (Å²) < 4.78 is 0. The number of rotatable bonds is 7. The first-order valence-electron chi connectivity index (χ1n) is 18.1. The largest absolute Gasteiger partial charge is 0.310 e. The summed E-state index contributed by atoms with van der Waals surface area (Å²) >= 11 is 0. The molecule has 1 aliphatic rings. The van der Waals surface area contributed by atoms with Gasteiger partial charge in [0.15, 0.2) is 0 Å². The van der Waals surface area contributed by atoms with Gasteiger partial charge in [-0.1, -0.05) is 172 Å². The molecule has 1 heteroatoms. The fraction of sp³-hybridized carbons (Fsp3) is 0.0588. The van der Waals surface area contributed by atoms with Crippen LogP contribution in [0.2, 0.25) is 0 Å². The van der Waals surface area contributed by atoms with Crippen molar-refractivity contribution in [3.05, 3.63) is 211 Å². The van der Waals surface area contributed by atoms with Crippen LogP contribution in [0.3, 0.4) is 0 Å². The minimum absolute atomic E-state index is 0.0968. The van der Waals surface area contributed by atoms with Crippen LogP contribution in [0.5, 0.6) is 0 Å². The van der Waals surface area contributed by atoms with Gasteiger partial charge in [-0.3, -0.25) is 0 Å². The maximum atomic E-state index is 2.41. The molecule has 248 valence electrons. The molecule has 0 saturated heterocycles. The van der Waals surface area contributed by atoms with Crippen LogP contribution < -0.4 is 4.90 Å². The Bertz CT molecular complexity index is 2510. The Morgan fingerprint density at radius 2 is 0.846 bits per heavy atom. The van der Waals surface area contributed by atoms with Crippen LogP contribution >= 0.6 is 0 Å². The van der Waals surface area contributed by atoms with Crippen LogP contribution in [0.25, 0.3) is 55.6 Å². The lowest BCUT2D eigenvalue weighted by molar-refractivity contribution is 0.662. The predicted molar refractivity (Wildman–Crippen MR) is 220 cm³/mol. The van der Waals surface area contributed by atoms with E-state index in [1.165, 1.54) is 66.8 Å². The summed E-state index contributed by atoms with van der Waals surface area (Å²) in [5, 5.41) is 0. The van der Waals surface area contributed by atoms with Crippen LogP contribution in [-0.2, 0) is 5.41 Å². The summed E-state index contributed by atoms with van der Waals surface area (Å²) in [6, 6.07) is 72.7. The quantitative estimate of drug-likeness (QED) is 0.164. The van der Waals surface area contributed by atoms with Crippen molar-refractivity contribution in [1.82, 2.24) is 0 Å². The highest BCUT2D eigenvalue weighted by atomic mass is 15.1. The van der Waals surface area contributed by atoms with Gasteiger partial charge in [0.05, 0.1) is 5.69 Å². The minimum Gasteiger partial charge on any atom is -0.310 e. The predicted octanol–water partition coefficient (Wildman–Crippen LogP) is 14.1. The van der Waals surface area contributed by atoms with Crippen molar-refractivity contribution in [1.29, 1.82) is 0 Å². The maximum absolute atomic E-state index is 2.41. The molecule has 0 N–H and O–H groups in total. The minimum atomic E-state index is -0.0968. The van der Waals surface area contributed by atoms with E-state index in [1.807, 2.05) is 0 Å². The van der Waals surface area contributed by atoms with Crippen molar-refractivity contribution in [2.45, 2.75) is 19.3 Å². The maximum Gasteiger partial charge on any atom is 0.0540 e. The van der Waals surface area contributed by atoms with E-state index >= 15 is 0 Å². The monoisotopic (exact) mass is 665 g/mol. The Kier molecular flexibility index (Phi) is 7.90. The van der Waals surface area contributed by atoms with Crippen LogP contribution in [0.4, 0.5) is 17.1 Å². The summed E-state index contributed by atoms with van der Waals surface area (Å²) in [6.45, 7) is 4.74. The van der Waals surface area contributed by atoms with Crippen molar-refractivity contribution < 1.29 is 0 Å². The second-order valence-corrected chi connectivity index (χ2v) is 14.2. The van der Waals surface area contributed by atoms with Gasteiger partial charge in [0.25, 0.3) is 0 Å². The van der Waals surface area contributed by atoms with Gasteiger partial charge in [0, 0.05) is 22.4 Å². The molecule has 0 saturated carbocycles. The highest BCUT2D eigenvalue weighted by molar-refractivity contribution is 5.93. The van der Waals surface area contributed by atoms with Crippen molar-refractivity contribution in [2.24, 2.45) is 0 Å². The molecule has 0 atom stereocenters. The molecule has 1 aliphatic carbocycles. The van der Waals surface area contributed by atoms with E-state index in [2.05, 4.69) is 219 Å². The molecule has 9 rings (SSSR count). The number of benzene rings is 8. The lowest BCUT2D eigenvalue weighted by Gasteiger charge is -2.28. The number of anilines is 3. The molecule has 0 fully saturated rings. The first-order valence-corrected chi connectivity index (χ1v) is 18.1. The number of para-hydroxylation sites is 1. The van der Waals surface area contributed by atoms with E-state index in [0.717, 1.165) is 17.1 Å². The number of hydrogen-bond donors (Lipinski definition) is 0. The Balaban J connectivity index is 1.20. The molecule has 1 nitrogen and oxygen atoms in total. The Hall–Kier alpha value is -6.44. The van der Waals surface area contributed by atoms with Gasteiger partial charge >= 0.3 is 0 Å². The van der Waals surface area contributed by atoms with Crippen LogP contribution in [0, 0.1) is 0 Å². The zero-order valence-corrected chi connectivity index (χ0v) is 29.5. The summed E-state index contributed by atoms with van der Waals surface area (Å²) in [5.41, 5.74) is 18.4. The molecule has 8 aromatic rings. The molecule has 0 aliphatic heterocycles. The van der Waals surface area contributed by atoms with Crippen molar-refractivity contribution >= 4 is 17.1 Å². The first-order chi connectivity index (χ1) is 25.6. The summed E-state index contributed by atoms with van der Waals surface area (Å²) in [4.78, 5) is 2.40. The van der Waals surface area contributed by atoms with Gasteiger partial charge in [0.2, 0.25) is 0 Å². The van der Waals surface area contributed by atoms with E-state index < -0.39 is 0 Å². The molecular formula is C51H39N. The number of nitrogens with zero attached hydrogens (tertiary/aromatic N) is 1. The molecule has 8 aromatic carbocycles. The third-order valence-corrected chi connectivity index (χ3v) is 10.6. The standard InChI is InChI=1S/C51H39N/c1-51(2)48-27-14-12-26-45(48)47-35-41(34-46(50(47)51)39-21-10-5-11-22-39)37-29-31-42(32-30-37)52(43-24-16-23-40(33-43)36-17-6-3-7-18-36)49-28-15-13-25-44(49)38-19-8-4-9-20-38/h3-35H,1-2H3. The normalized spacial score (nSPS) is 12.6. The Morgan fingerprint density at radius 1 is 0.327 bits per heavy atom. The molecular weight excluding hydrogens is 627 g/mol. The molecule has 0 aromatic heterocycles. The van der Waals surface area contributed by atoms with Crippen LogP contribution in [0.15, 0.2) is 200 Å². The Labute approximate surface area is 307 Å². The fourth-order valence-corrected chi connectivity index (χ4v) is 8.15. The lowest BCUT2D eigenvalue weighted by Crippen LogP contribution is -2.16. The van der Waals surface area contributed by atoms with Gasteiger partial charge in [0.1, 0.15) is 0 Å². The molecule has 0 amide bonds. The average molecular weight is 666 g/mol. The topological polar surface area (TPSA) is 3.24 Å². The second kappa shape index (κ2) is 13.0. The smallest absolute Gasteiger partial charge is 0.0540 e. The van der Waals surface area contributed by atoms with E-state index in [9.17, 15) is 0 Å². The molecule has 0 unspecified atom stereocenters.